The number of nitriles is 1. The summed E-state index contributed by atoms with van der Waals surface area (Å²) in [5.41, 5.74) is 1.45. The molecule has 1 amide bonds. The van der Waals surface area contributed by atoms with Crippen LogP contribution in [0.25, 0.3) is 0 Å². The van der Waals surface area contributed by atoms with Crippen molar-refractivity contribution in [1.82, 2.24) is 0 Å². The van der Waals surface area contributed by atoms with Crippen LogP contribution in [0.2, 0.25) is 0 Å². The largest absolute Gasteiger partial charge is 0.508 e. The van der Waals surface area contributed by atoms with Gasteiger partial charge in [-0.15, -0.1) is 23.1 Å². The Hall–Kier alpha value is -1.97. The van der Waals surface area contributed by atoms with Crippen LogP contribution in [0, 0.1) is 25.2 Å². The summed E-state index contributed by atoms with van der Waals surface area (Å²) in [6, 6.07) is 8.88. The highest BCUT2D eigenvalue weighted by Crippen LogP contribution is 2.32. The average Bonchev–Trinajstić information content (AvgIpc) is 2.71. The number of nitrogens with zero attached hydrogens (tertiary/aromatic N) is 1. The number of nitrogens with one attached hydrogen (secondary N) is 1. The van der Waals surface area contributed by atoms with Gasteiger partial charge in [-0.1, -0.05) is 6.07 Å². The SMILES string of the molecule is Cc1sc(NC(=O)CSc2cccc(O)c2)c(C#N)c1C. The lowest BCUT2D eigenvalue weighted by Crippen LogP contribution is -2.13. The number of hydrogen-bond donors (Lipinski definition) is 2. The molecule has 0 radical (unpaired) electrons. The topological polar surface area (TPSA) is 73.1 Å². The van der Waals surface area contributed by atoms with Gasteiger partial charge in [0.05, 0.1) is 11.3 Å². The van der Waals surface area contributed by atoms with Crippen LogP contribution in [0.3, 0.4) is 0 Å². The molecule has 1 aromatic heterocycles. The van der Waals surface area contributed by atoms with E-state index in [9.17, 15) is 9.90 Å². The normalized spacial score (nSPS) is 10.1. The van der Waals surface area contributed by atoms with Crippen LogP contribution in [-0.4, -0.2) is 16.8 Å². The number of thioether (sulfide) groups is 1. The minimum absolute atomic E-state index is 0.166. The van der Waals surface area contributed by atoms with E-state index >= 15 is 0 Å². The van der Waals surface area contributed by atoms with Crippen LogP contribution in [0.15, 0.2) is 29.2 Å². The van der Waals surface area contributed by atoms with Crippen LogP contribution < -0.4 is 5.32 Å². The molecule has 0 atom stereocenters. The average molecular weight is 318 g/mol. The summed E-state index contributed by atoms with van der Waals surface area (Å²) in [7, 11) is 0. The Kier molecular flexibility index (Phi) is 4.89. The third-order valence-corrected chi connectivity index (χ3v) is 5.05. The van der Waals surface area contributed by atoms with Gasteiger partial charge in [0.1, 0.15) is 16.8 Å². The number of benzene rings is 1. The second kappa shape index (κ2) is 6.66. The van der Waals surface area contributed by atoms with Crippen molar-refractivity contribution < 1.29 is 9.90 Å². The molecule has 0 fully saturated rings. The van der Waals surface area contributed by atoms with Crippen molar-refractivity contribution >= 4 is 34.0 Å². The number of phenols is 1. The van der Waals surface area contributed by atoms with Crippen molar-refractivity contribution in [3.63, 3.8) is 0 Å². The second-order valence-corrected chi connectivity index (χ2v) is 6.71. The lowest BCUT2D eigenvalue weighted by molar-refractivity contribution is -0.113. The van der Waals surface area contributed by atoms with Gasteiger partial charge >= 0.3 is 0 Å². The number of rotatable bonds is 4. The van der Waals surface area contributed by atoms with Crippen molar-refractivity contribution in [1.29, 1.82) is 5.26 Å². The summed E-state index contributed by atoms with van der Waals surface area (Å²) in [5, 5.41) is 21.9. The molecule has 2 rings (SSSR count). The number of anilines is 1. The first-order valence-corrected chi connectivity index (χ1v) is 8.03. The molecular formula is C15H14N2O2S2. The zero-order valence-corrected chi connectivity index (χ0v) is 13.3. The molecule has 4 nitrogen and oxygen atoms in total. The third-order valence-electron chi connectivity index (χ3n) is 2.94. The predicted molar refractivity (Wildman–Crippen MR) is 86.0 cm³/mol. The molecule has 0 bridgehead atoms. The minimum atomic E-state index is -0.166. The lowest BCUT2D eigenvalue weighted by Gasteiger charge is -2.04. The maximum absolute atomic E-state index is 12.0. The number of thiophene rings is 1. The van der Waals surface area contributed by atoms with Gasteiger partial charge in [0.2, 0.25) is 5.91 Å². The van der Waals surface area contributed by atoms with E-state index in [2.05, 4.69) is 11.4 Å². The van der Waals surface area contributed by atoms with E-state index in [1.54, 1.807) is 18.2 Å². The molecule has 0 spiro atoms. The maximum atomic E-state index is 12.0. The fourth-order valence-corrected chi connectivity index (χ4v) is 3.51. The minimum Gasteiger partial charge on any atom is -0.508 e. The van der Waals surface area contributed by atoms with Crippen LogP contribution >= 0.6 is 23.1 Å². The summed E-state index contributed by atoms with van der Waals surface area (Å²) < 4.78 is 0. The van der Waals surface area contributed by atoms with E-state index < -0.39 is 0 Å². The first kappa shape index (κ1) is 15.4. The first-order chi connectivity index (χ1) is 10.0. The van der Waals surface area contributed by atoms with Crippen molar-refractivity contribution in [2.24, 2.45) is 0 Å². The van der Waals surface area contributed by atoms with E-state index in [-0.39, 0.29) is 17.4 Å². The molecule has 0 saturated heterocycles. The van der Waals surface area contributed by atoms with E-state index in [1.807, 2.05) is 19.9 Å². The summed E-state index contributed by atoms with van der Waals surface area (Å²) in [6.45, 7) is 3.81. The third kappa shape index (κ3) is 3.78. The number of phenolic OH excluding ortho intramolecular Hbond substituents is 1. The fourth-order valence-electron chi connectivity index (χ4n) is 1.73. The summed E-state index contributed by atoms with van der Waals surface area (Å²) in [4.78, 5) is 13.8. The smallest absolute Gasteiger partial charge is 0.235 e. The Morgan fingerprint density at radius 1 is 1.48 bits per heavy atom. The van der Waals surface area contributed by atoms with Crippen LogP contribution in [0.4, 0.5) is 5.00 Å². The van der Waals surface area contributed by atoms with Crippen molar-refractivity contribution in [3.8, 4) is 11.8 Å². The summed E-state index contributed by atoms with van der Waals surface area (Å²) >= 11 is 2.75. The van der Waals surface area contributed by atoms with Crippen molar-refractivity contribution in [2.45, 2.75) is 18.7 Å². The van der Waals surface area contributed by atoms with Gasteiger partial charge in [0.25, 0.3) is 0 Å². The second-order valence-electron chi connectivity index (χ2n) is 4.43. The molecule has 0 saturated carbocycles. The standard InChI is InChI=1S/C15H14N2O2S2/c1-9-10(2)21-15(13(9)7-16)17-14(19)8-20-12-5-3-4-11(18)6-12/h3-6,18H,8H2,1-2H3,(H,17,19). The highest BCUT2D eigenvalue weighted by Gasteiger charge is 2.14. The van der Waals surface area contributed by atoms with Crippen molar-refractivity contribution in [3.05, 3.63) is 40.3 Å². The predicted octanol–water partition coefficient (Wildman–Crippen LogP) is 3.67. The molecule has 2 N–H and O–H groups in total. The monoisotopic (exact) mass is 318 g/mol. The van der Waals surface area contributed by atoms with Gasteiger partial charge in [-0.2, -0.15) is 5.26 Å². The molecule has 2 aromatic rings. The van der Waals surface area contributed by atoms with E-state index in [0.717, 1.165) is 15.3 Å². The van der Waals surface area contributed by atoms with Gasteiger partial charge in [0, 0.05) is 9.77 Å². The zero-order chi connectivity index (χ0) is 15.4. The summed E-state index contributed by atoms with van der Waals surface area (Å²) in [5.74, 6) is 0.238. The zero-order valence-electron chi connectivity index (χ0n) is 11.6. The molecule has 21 heavy (non-hydrogen) atoms. The number of aromatic hydroxyl groups is 1. The lowest BCUT2D eigenvalue weighted by atomic mass is 10.2. The molecule has 0 aliphatic rings. The molecule has 0 unspecified atom stereocenters. The Morgan fingerprint density at radius 3 is 2.90 bits per heavy atom. The van der Waals surface area contributed by atoms with E-state index in [4.69, 9.17) is 5.26 Å². The van der Waals surface area contributed by atoms with E-state index in [1.165, 1.54) is 23.1 Å². The Bertz CT molecular complexity index is 717. The molecule has 6 heteroatoms. The van der Waals surface area contributed by atoms with Crippen LogP contribution in [0.5, 0.6) is 5.75 Å². The Labute approximate surface area is 131 Å². The van der Waals surface area contributed by atoms with Gasteiger partial charge < -0.3 is 10.4 Å². The number of amides is 1. The van der Waals surface area contributed by atoms with Crippen LogP contribution in [-0.2, 0) is 4.79 Å². The first-order valence-electron chi connectivity index (χ1n) is 6.23. The maximum Gasteiger partial charge on any atom is 0.235 e. The highest BCUT2D eigenvalue weighted by atomic mass is 32.2. The number of aryl methyl sites for hydroxylation is 1. The summed E-state index contributed by atoms with van der Waals surface area (Å²) in [6.07, 6.45) is 0. The Morgan fingerprint density at radius 2 is 2.24 bits per heavy atom. The fraction of sp³-hybridized carbons (Fsp3) is 0.200. The quantitative estimate of drug-likeness (QED) is 0.844. The van der Waals surface area contributed by atoms with Crippen molar-refractivity contribution in [2.75, 3.05) is 11.1 Å². The molecule has 0 aliphatic heterocycles. The van der Waals surface area contributed by atoms with Gasteiger partial charge in [-0.3, -0.25) is 4.79 Å². The Balaban J connectivity index is 2.00. The highest BCUT2D eigenvalue weighted by molar-refractivity contribution is 8.00. The molecule has 108 valence electrons. The molecule has 0 aliphatic carbocycles. The van der Waals surface area contributed by atoms with E-state index in [0.29, 0.717) is 10.6 Å². The number of carbonyl (C=O) groups excluding carboxylic acids is 1. The van der Waals surface area contributed by atoms with Gasteiger partial charge in [0.15, 0.2) is 0 Å². The van der Waals surface area contributed by atoms with Gasteiger partial charge in [-0.25, -0.2) is 0 Å². The molecule has 1 aromatic carbocycles. The molecular weight excluding hydrogens is 304 g/mol. The number of hydrogen-bond acceptors (Lipinski definition) is 5. The van der Waals surface area contributed by atoms with Crippen LogP contribution in [0.1, 0.15) is 16.0 Å². The molecule has 1 heterocycles. The number of carbonyl (C=O) groups is 1. The van der Waals surface area contributed by atoms with Gasteiger partial charge in [-0.05, 0) is 37.6 Å².